The summed E-state index contributed by atoms with van der Waals surface area (Å²) in [6.07, 6.45) is 3.93. The molecule has 4 heteroatoms. The molecule has 2 amide bonds. The van der Waals surface area contributed by atoms with E-state index in [0.29, 0.717) is 6.04 Å². The Morgan fingerprint density at radius 2 is 2.36 bits per heavy atom. The molecule has 80 valence electrons. The predicted molar refractivity (Wildman–Crippen MR) is 55.2 cm³/mol. The third kappa shape index (κ3) is 1.85. The molecule has 0 bridgehead atoms. The van der Waals surface area contributed by atoms with Crippen LogP contribution in [0.3, 0.4) is 0 Å². The van der Waals surface area contributed by atoms with E-state index >= 15 is 0 Å². The zero-order chi connectivity index (χ0) is 9.97. The van der Waals surface area contributed by atoms with Gasteiger partial charge in [0.25, 0.3) is 0 Å². The van der Waals surface area contributed by atoms with Crippen molar-refractivity contribution in [3.8, 4) is 0 Å². The summed E-state index contributed by atoms with van der Waals surface area (Å²) >= 11 is 0. The molecular formula is C10H19N3O. The number of urea groups is 1. The monoisotopic (exact) mass is 197 g/mol. The number of carbonyl (C=O) groups is 1. The third-order valence-electron chi connectivity index (χ3n) is 3.36. The summed E-state index contributed by atoms with van der Waals surface area (Å²) in [4.78, 5) is 13.4. The molecule has 1 saturated carbocycles. The fraction of sp³-hybridized carbons (Fsp3) is 0.900. The molecule has 4 nitrogen and oxygen atoms in total. The molecule has 1 atom stereocenters. The number of carbonyl (C=O) groups excluding carboxylic acids is 1. The SMILES string of the molecule is CNCCN1CC(C2CCC2)NC1=O. The molecular weight excluding hydrogens is 178 g/mol. The standard InChI is InChI=1S/C10H19N3O/c1-11-5-6-13-7-9(12-10(13)14)8-3-2-4-8/h8-9,11H,2-7H2,1H3,(H,12,14). The summed E-state index contributed by atoms with van der Waals surface area (Å²) in [5, 5.41) is 6.14. The Bertz CT molecular complexity index is 215. The highest BCUT2D eigenvalue weighted by molar-refractivity contribution is 5.77. The summed E-state index contributed by atoms with van der Waals surface area (Å²) in [6, 6.07) is 0.547. The van der Waals surface area contributed by atoms with Crippen molar-refractivity contribution >= 4 is 6.03 Å². The first kappa shape index (κ1) is 9.77. The topological polar surface area (TPSA) is 44.4 Å². The number of rotatable bonds is 4. The van der Waals surface area contributed by atoms with E-state index in [2.05, 4.69) is 10.6 Å². The lowest BCUT2D eigenvalue weighted by Gasteiger charge is -2.30. The molecule has 1 heterocycles. The Labute approximate surface area is 85.0 Å². The van der Waals surface area contributed by atoms with Gasteiger partial charge in [0.15, 0.2) is 0 Å². The Morgan fingerprint density at radius 3 is 2.93 bits per heavy atom. The number of nitrogens with zero attached hydrogens (tertiary/aromatic N) is 1. The van der Waals surface area contributed by atoms with Gasteiger partial charge < -0.3 is 15.5 Å². The van der Waals surface area contributed by atoms with Crippen LogP contribution in [0, 0.1) is 5.92 Å². The molecule has 1 saturated heterocycles. The maximum atomic E-state index is 11.5. The van der Waals surface area contributed by atoms with Gasteiger partial charge in [-0.25, -0.2) is 4.79 Å². The van der Waals surface area contributed by atoms with Crippen molar-refractivity contribution in [3.63, 3.8) is 0 Å². The van der Waals surface area contributed by atoms with E-state index < -0.39 is 0 Å². The Kier molecular flexibility index (Phi) is 2.91. The quantitative estimate of drug-likeness (QED) is 0.685. The lowest BCUT2D eigenvalue weighted by molar-refractivity contribution is 0.217. The van der Waals surface area contributed by atoms with Gasteiger partial charge >= 0.3 is 6.03 Å². The zero-order valence-electron chi connectivity index (χ0n) is 8.75. The number of amides is 2. The Hall–Kier alpha value is -0.770. The number of hydrogen-bond acceptors (Lipinski definition) is 2. The summed E-state index contributed by atoms with van der Waals surface area (Å²) in [5.41, 5.74) is 0. The van der Waals surface area contributed by atoms with Crippen molar-refractivity contribution in [1.82, 2.24) is 15.5 Å². The summed E-state index contributed by atoms with van der Waals surface area (Å²) in [6.45, 7) is 2.61. The van der Waals surface area contributed by atoms with Gasteiger partial charge in [0.1, 0.15) is 0 Å². The van der Waals surface area contributed by atoms with Crippen molar-refractivity contribution in [2.24, 2.45) is 5.92 Å². The number of hydrogen-bond donors (Lipinski definition) is 2. The van der Waals surface area contributed by atoms with Gasteiger partial charge in [-0.3, -0.25) is 0 Å². The zero-order valence-corrected chi connectivity index (χ0v) is 8.75. The van der Waals surface area contributed by atoms with Gasteiger partial charge in [-0.15, -0.1) is 0 Å². The van der Waals surface area contributed by atoms with Gasteiger partial charge in [0.2, 0.25) is 0 Å². The minimum Gasteiger partial charge on any atom is -0.333 e. The lowest BCUT2D eigenvalue weighted by atomic mass is 9.80. The fourth-order valence-corrected chi connectivity index (χ4v) is 2.16. The normalized spacial score (nSPS) is 27.6. The van der Waals surface area contributed by atoms with E-state index in [-0.39, 0.29) is 6.03 Å². The van der Waals surface area contributed by atoms with Crippen LogP contribution in [-0.4, -0.2) is 43.7 Å². The Morgan fingerprint density at radius 1 is 1.57 bits per heavy atom. The molecule has 14 heavy (non-hydrogen) atoms. The molecule has 2 fully saturated rings. The average Bonchev–Trinajstić information content (AvgIpc) is 2.40. The second-order valence-corrected chi connectivity index (χ2v) is 4.30. The molecule has 0 aromatic rings. The van der Waals surface area contributed by atoms with Gasteiger partial charge in [0, 0.05) is 19.6 Å². The maximum absolute atomic E-state index is 11.5. The van der Waals surface area contributed by atoms with Crippen LogP contribution in [0.2, 0.25) is 0 Å². The smallest absolute Gasteiger partial charge is 0.317 e. The molecule has 2 N–H and O–H groups in total. The number of nitrogens with one attached hydrogen (secondary N) is 2. The molecule has 2 aliphatic rings. The first-order valence-corrected chi connectivity index (χ1v) is 5.51. The van der Waals surface area contributed by atoms with Gasteiger partial charge in [0.05, 0.1) is 6.04 Å². The van der Waals surface area contributed by atoms with Crippen LogP contribution in [0.15, 0.2) is 0 Å². The molecule has 1 unspecified atom stereocenters. The molecule has 0 radical (unpaired) electrons. The summed E-state index contributed by atoms with van der Waals surface area (Å²) in [7, 11) is 1.91. The molecule has 0 aromatic carbocycles. The van der Waals surface area contributed by atoms with Crippen molar-refractivity contribution < 1.29 is 4.79 Å². The second-order valence-electron chi connectivity index (χ2n) is 4.30. The van der Waals surface area contributed by atoms with Gasteiger partial charge in [-0.1, -0.05) is 6.42 Å². The van der Waals surface area contributed by atoms with Crippen LogP contribution < -0.4 is 10.6 Å². The van der Waals surface area contributed by atoms with E-state index in [0.717, 1.165) is 25.6 Å². The van der Waals surface area contributed by atoms with Crippen molar-refractivity contribution in [3.05, 3.63) is 0 Å². The predicted octanol–water partition coefficient (Wildman–Crippen LogP) is 0.400. The van der Waals surface area contributed by atoms with Gasteiger partial charge in [-0.2, -0.15) is 0 Å². The first-order valence-electron chi connectivity index (χ1n) is 5.51. The van der Waals surface area contributed by atoms with Crippen LogP contribution >= 0.6 is 0 Å². The minimum absolute atomic E-state index is 0.122. The minimum atomic E-state index is 0.122. The fourth-order valence-electron chi connectivity index (χ4n) is 2.16. The molecule has 0 spiro atoms. The van der Waals surface area contributed by atoms with E-state index in [9.17, 15) is 4.79 Å². The van der Waals surface area contributed by atoms with Crippen molar-refractivity contribution in [2.45, 2.75) is 25.3 Å². The second kappa shape index (κ2) is 4.17. The van der Waals surface area contributed by atoms with E-state index in [1.54, 1.807) is 0 Å². The van der Waals surface area contributed by atoms with Crippen molar-refractivity contribution in [1.29, 1.82) is 0 Å². The molecule has 0 aromatic heterocycles. The highest BCUT2D eigenvalue weighted by Gasteiger charge is 2.36. The van der Waals surface area contributed by atoms with E-state index in [4.69, 9.17) is 0 Å². The highest BCUT2D eigenvalue weighted by Crippen LogP contribution is 2.31. The molecule has 1 aliphatic carbocycles. The van der Waals surface area contributed by atoms with Crippen LogP contribution in [0.1, 0.15) is 19.3 Å². The Balaban J connectivity index is 1.80. The average molecular weight is 197 g/mol. The molecule has 1 aliphatic heterocycles. The van der Waals surface area contributed by atoms with Crippen LogP contribution in [0.25, 0.3) is 0 Å². The highest BCUT2D eigenvalue weighted by atomic mass is 16.2. The summed E-state index contributed by atoms with van der Waals surface area (Å²) < 4.78 is 0. The van der Waals surface area contributed by atoms with Gasteiger partial charge in [-0.05, 0) is 25.8 Å². The van der Waals surface area contributed by atoms with Crippen molar-refractivity contribution in [2.75, 3.05) is 26.7 Å². The lowest BCUT2D eigenvalue weighted by Crippen LogP contribution is -2.37. The van der Waals surface area contributed by atoms with Crippen LogP contribution in [0.4, 0.5) is 4.79 Å². The van der Waals surface area contributed by atoms with E-state index in [1.807, 2.05) is 11.9 Å². The molecule has 2 rings (SSSR count). The maximum Gasteiger partial charge on any atom is 0.317 e. The van der Waals surface area contributed by atoms with Crippen LogP contribution in [0.5, 0.6) is 0 Å². The number of likely N-dealkylation sites (N-methyl/N-ethyl adjacent to an activating group) is 1. The van der Waals surface area contributed by atoms with Crippen LogP contribution in [-0.2, 0) is 0 Å². The largest absolute Gasteiger partial charge is 0.333 e. The first-order chi connectivity index (χ1) is 6.81. The van der Waals surface area contributed by atoms with E-state index in [1.165, 1.54) is 19.3 Å². The third-order valence-corrected chi connectivity index (χ3v) is 3.36. The summed E-state index contributed by atoms with van der Waals surface area (Å²) in [5.74, 6) is 0.749.